The van der Waals surface area contributed by atoms with Crippen LogP contribution in [0.3, 0.4) is 0 Å². The predicted octanol–water partition coefficient (Wildman–Crippen LogP) is 2.71. The monoisotopic (exact) mass is 265 g/mol. The lowest BCUT2D eigenvalue weighted by molar-refractivity contribution is -0.142. The van der Waals surface area contributed by atoms with Crippen LogP contribution in [0.2, 0.25) is 0 Å². The Hall–Kier alpha value is -1.00. The Morgan fingerprint density at radius 3 is 3.00 bits per heavy atom. The number of carboxylic acids is 1. The van der Waals surface area contributed by atoms with Crippen LogP contribution < -0.4 is 5.73 Å². The van der Waals surface area contributed by atoms with E-state index in [1.54, 1.807) is 0 Å². The zero-order chi connectivity index (χ0) is 13.0. The zero-order valence-electron chi connectivity index (χ0n) is 10.3. The zero-order valence-corrected chi connectivity index (χ0v) is 11.2. The fourth-order valence-electron chi connectivity index (χ4n) is 2.47. The molecule has 3 N–H and O–H groups in total. The van der Waals surface area contributed by atoms with E-state index >= 15 is 0 Å². The van der Waals surface area contributed by atoms with Gasteiger partial charge in [0.2, 0.25) is 0 Å². The van der Waals surface area contributed by atoms with Crippen molar-refractivity contribution in [3.63, 3.8) is 0 Å². The summed E-state index contributed by atoms with van der Waals surface area (Å²) in [5, 5.41) is 9.26. The number of aliphatic carboxylic acids is 1. The smallest absolute Gasteiger partial charge is 0.306 e. The summed E-state index contributed by atoms with van der Waals surface area (Å²) >= 11 is 1.84. The van der Waals surface area contributed by atoms with Gasteiger partial charge in [-0.25, -0.2) is 0 Å². The van der Waals surface area contributed by atoms with E-state index in [-0.39, 0.29) is 5.92 Å². The minimum Gasteiger partial charge on any atom is -0.481 e. The first-order valence-corrected chi connectivity index (χ1v) is 7.35. The van der Waals surface area contributed by atoms with Crippen molar-refractivity contribution in [3.8, 4) is 0 Å². The van der Waals surface area contributed by atoms with E-state index in [1.165, 1.54) is 10.5 Å². The molecule has 3 nitrogen and oxygen atoms in total. The summed E-state index contributed by atoms with van der Waals surface area (Å²) in [5.41, 5.74) is 6.79. The van der Waals surface area contributed by atoms with Crippen molar-refractivity contribution in [3.05, 3.63) is 29.8 Å². The molecule has 0 saturated heterocycles. The maximum absolute atomic E-state index is 11.3. The molecule has 1 aliphatic rings. The van der Waals surface area contributed by atoms with Gasteiger partial charge in [-0.2, -0.15) is 0 Å². The van der Waals surface area contributed by atoms with Crippen LogP contribution in [0.15, 0.2) is 29.2 Å². The van der Waals surface area contributed by atoms with E-state index in [0.717, 1.165) is 18.6 Å². The van der Waals surface area contributed by atoms with Gasteiger partial charge in [0, 0.05) is 10.6 Å². The molecule has 18 heavy (non-hydrogen) atoms. The van der Waals surface area contributed by atoms with Crippen molar-refractivity contribution in [1.82, 2.24) is 0 Å². The fraction of sp³-hybridized carbons (Fsp3) is 0.500. The number of benzene rings is 1. The second-order valence-corrected chi connectivity index (χ2v) is 5.81. The van der Waals surface area contributed by atoms with E-state index in [9.17, 15) is 9.90 Å². The molecule has 0 spiro atoms. The highest BCUT2D eigenvalue weighted by atomic mass is 32.2. The summed E-state index contributed by atoms with van der Waals surface area (Å²) in [6.45, 7) is 0.569. The lowest BCUT2D eigenvalue weighted by Crippen LogP contribution is -2.18. The van der Waals surface area contributed by atoms with E-state index in [2.05, 4.69) is 12.1 Å². The number of hydrogen-bond donors (Lipinski definition) is 2. The first-order chi connectivity index (χ1) is 8.72. The molecule has 0 bridgehead atoms. The topological polar surface area (TPSA) is 63.3 Å². The summed E-state index contributed by atoms with van der Waals surface area (Å²) in [6.07, 6.45) is 2.22. The largest absolute Gasteiger partial charge is 0.481 e. The Morgan fingerprint density at radius 2 is 2.28 bits per heavy atom. The van der Waals surface area contributed by atoms with Crippen LogP contribution in [-0.4, -0.2) is 23.4 Å². The molecular weight excluding hydrogens is 246 g/mol. The molecule has 0 fully saturated rings. The van der Waals surface area contributed by atoms with Crippen molar-refractivity contribution in [2.75, 3.05) is 12.3 Å². The quantitative estimate of drug-likeness (QED) is 0.830. The Bertz CT molecular complexity index is 422. The lowest BCUT2D eigenvalue weighted by Gasteiger charge is -2.17. The molecule has 2 unspecified atom stereocenters. The number of nitrogens with two attached hydrogens (primary N) is 1. The van der Waals surface area contributed by atoms with E-state index < -0.39 is 5.97 Å². The summed E-state index contributed by atoms with van der Waals surface area (Å²) in [4.78, 5) is 12.6. The van der Waals surface area contributed by atoms with Gasteiger partial charge in [0.25, 0.3) is 0 Å². The number of hydrogen-bond acceptors (Lipinski definition) is 3. The third kappa shape index (κ3) is 3.06. The Balaban J connectivity index is 2.02. The van der Waals surface area contributed by atoms with Crippen molar-refractivity contribution in [2.24, 2.45) is 11.7 Å². The first-order valence-electron chi connectivity index (χ1n) is 6.37. The van der Waals surface area contributed by atoms with Crippen LogP contribution in [0.1, 0.15) is 30.7 Å². The van der Waals surface area contributed by atoms with Crippen LogP contribution in [0.5, 0.6) is 0 Å². The summed E-state index contributed by atoms with van der Waals surface area (Å²) in [7, 11) is 0. The van der Waals surface area contributed by atoms with Gasteiger partial charge >= 0.3 is 5.97 Å². The predicted molar refractivity (Wildman–Crippen MR) is 73.9 cm³/mol. The van der Waals surface area contributed by atoms with Crippen LogP contribution >= 0.6 is 11.8 Å². The Morgan fingerprint density at radius 1 is 1.50 bits per heavy atom. The average Bonchev–Trinajstić information content (AvgIpc) is 2.77. The van der Waals surface area contributed by atoms with Crippen LogP contribution in [0.25, 0.3) is 0 Å². The number of fused-ring (bicyclic) bond motifs is 1. The molecule has 0 saturated carbocycles. The van der Waals surface area contributed by atoms with Crippen molar-refractivity contribution >= 4 is 17.7 Å². The van der Waals surface area contributed by atoms with E-state index in [4.69, 9.17) is 5.73 Å². The number of thioether (sulfide) groups is 1. The van der Waals surface area contributed by atoms with Crippen molar-refractivity contribution < 1.29 is 9.90 Å². The highest BCUT2D eigenvalue weighted by Gasteiger charge is 2.28. The molecule has 98 valence electrons. The van der Waals surface area contributed by atoms with Crippen molar-refractivity contribution in [1.29, 1.82) is 0 Å². The second kappa shape index (κ2) is 6.25. The van der Waals surface area contributed by atoms with Gasteiger partial charge in [-0.15, -0.1) is 11.8 Å². The Labute approximate surface area is 112 Å². The Kier molecular flexibility index (Phi) is 4.66. The van der Waals surface area contributed by atoms with Crippen LogP contribution in [-0.2, 0) is 4.79 Å². The molecular formula is C14H19NO2S. The number of carboxylic acid groups (broad SMARTS) is 1. The molecule has 2 atom stereocenters. The maximum atomic E-state index is 11.3. The molecule has 1 aromatic rings. The van der Waals surface area contributed by atoms with Gasteiger partial charge in [-0.05, 0) is 43.4 Å². The number of carbonyl (C=O) groups is 1. The SMILES string of the molecule is NCCCC(CC1CSc2ccccc21)C(=O)O. The standard InChI is InChI=1S/C14H19NO2S/c15-7-3-4-10(14(16)17)8-11-9-18-13-6-2-1-5-12(11)13/h1-2,5-6,10-11H,3-4,7-9,15H2,(H,16,17). The van der Waals surface area contributed by atoms with Crippen LogP contribution in [0.4, 0.5) is 0 Å². The molecule has 0 radical (unpaired) electrons. The average molecular weight is 265 g/mol. The highest BCUT2D eigenvalue weighted by Crippen LogP contribution is 2.42. The molecule has 1 aromatic carbocycles. The van der Waals surface area contributed by atoms with Gasteiger partial charge in [0.05, 0.1) is 5.92 Å². The molecule has 2 rings (SSSR count). The molecule has 0 amide bonds. The molecule has 4 heteroatoms. The van der Waals surface area contributed by atoms with Gasteiger partial charge in [-0.1, -0.05) is 18.2 Å². The van der Waals surface area contributed by atoms with Crippen molar-refractivity contribution in [2.45, 2.75) is 30.1 Å². The molecule has 1 aliphatic heterocycles. The first kappa shape index (κ1) is 13.4. The van der Waals surface area contributed by atoms with E-state index in [1.807, 2.05) is 23.9 Å². The second-order valence-electron chi connectivity index (χ2n) is 4.75. The highest BCUT2D eigenvalue weighted by molar-refractivity contribution is 7.99. The van der Waals surface area contributed by atoms with Gasteiger partial charge in [0.15, 0.2) is 0 Å². The van der Waals surface area contributed by atoms with Gasteiger partial charge < -0.3 is 10.8 Å². The third-order valence-corrected chi connectivity index (χ3v) is 4.73. The molecule has 1 heterocycles. The summed E-state index contributed by atoms with van der Waals surface area (Å²) in [5.74, 6) is 0.444. The van der Waals surface area contributed by atoms with Crippen LogP contribution in [0, 0.1) is 5.92 Å². The third-order valence-electron chi connectivity index (χ3n) is 3.47. The summed E-state index contributed by atoms with van der Waals surface area (Å²) < 4.78 is 0. The molecule has 0 aromatic heterocycles. The minimum absolute atomic E-state index is 0.259. The van der Waals surface area contributed by atoms with E-state index in [0.29, 0.717) is 18.9 Å². The number of rotatable bonds is 6. The molecule has 0 aliphatic carbocycles. The maximum Gasteiger partial charge on any atom is 0.306 e. The normalized spacial score (nSPS) is 19.5. The summed E-state index contributed by atoms with van der Waals surface area (Å²) in [6, 6.07) is 8.32. The fourth-order valence-corrected chi connectivity index (χ4v) is 3.75. The lowest BCUT2D eigenvalue weighted by atomic mass is 9.88. The minimum atomic E-state index is -0.683. The van der Waals surface area contributed by atoms with Gasteiger partial charge in [-0.3, -0.25) is 4.79 Å². The van der Waals surface area contributed by atoms with Gasteiger partial charge in [0.1, 0.15) is 0 Å².